The van der Waals surface area contributed by atoms with Crippen LogP contribution in [0.3, 0.4) is 0 Å². The highest BCUT2D eigenvalue weighted by Crippen LogP contribution is 2.34. The molecule has 0 aliphatic rings. The van der Waals surface area contributed by atoms with Crippen molar-refractivity contribution in [2.24, 2.45) is 0 Å². The maximum atomic E-state index is 10.6. The van der Waals surface area contributed by atoms with E-state index in [0.29, 0.717) is 15.8 Å². The topological polar surface area (TPSA) is 95.2 Å². The molecule has 0 aliphatic heterocycles. The molecule has 2 N–H and O–H groups in total. The Morgan fingerprint density at radius 1 is 1.44 bits per heavy atom. The highest BCUT2D eigenvalue weighted by Gasteiger charge is 2.13. The largest absolute Gasteiger partial charge is 0.436 e. The minimum atomic E-state index is -0.482. The molecule has 0 fully saturated rings. The molecule has 1 aromatic heterocycles. The Labute approximate surface area is 107 Å². The third-order valence-corrected chi connectivity index (χ3v) is 3.35. The molecule has 0 saturated carbocycles. The smallest absolute Gasteiger partial charge is 0.271 e. The molecule has 0 bridgehead atoms. The third kappa shape index (κ3) is 2.45. The lowest BCUT2D eigenvalue weighted by Gasteiger charge is -2.01. The van der Waals surface area contributed by atoms with Gasteiger partial charge >= 0.3 is 0 Å². The van der Waals surface area contributed by atoms with Crippen LogP contribution < -0.4 is 5.73 Å². The summed E-state index contributed by atoms with van der Waals surface area (Å²) in [5.74, 6) is 0.748. The van der Waals surface area contributed by atoms with Gasteiger partial charge in [-0.1, -0.05) is 0 Å². The van der Waals surface area contributed by atoms with Crippen LogP contribution in [0.1, 0.15) is 11.5 Å². The number of anilines is 1. The van der Waals surface area contributed by atoms with Crippen molar-refractivity contribution in [2.45, 2.75) is 24.0 Å². The maximum absolute atomic E-state index is 10.6. The number of hydrogen-bond donors (Lipinski definition) is 1. The van der Waals surface area contributed by atoms with Gasteiger partial charge in [0.2, 0.25) is 0 Å². The summed E-state index contributed by atoms with van der Waals surface area (Å²) < 4.78 is 5.41. The van der Waals surface area contributed by atoms with E-state index in [1.807, 2.05) is 13.8 Å². The van der Waals surface area contributed by atoms with Gasteiger partial charge in [-0.2, -0.15) is 0 Å². The van der Waals surface area contributed by atoms with Crippen molar-refractivity contribution in [3.63, 3.8) is 0 Å². The Morgan fingerprint density at radius 2 is 2.17 bits per heavy atom. The van der Waals surface area contributed by atoms with Crippen LogP contribution in [0.4, 0.5) is 11.4 Å². The monoisotopic (exact) mass is 265 g/mol. The summed E-state index contributed by atoms with van der Waals surface area (Å²) in [6, 6.07) is 4.32. The van der Waals surface area contributed by atoms with Crippen molar-refractivity contribution in [2.75, 3.05) is 5.73 Å². The average Bonchev–Trinajstić information content (AvgIpc) is 2.61. The molecule has 0 atom stereocenters. The molecule has 0 aliphatic carbocycles. The summed E-state index contributed by atoms with van der Waals surface area (Å²) in [6.45, 7) is 3.67. The number of nitro benzene ring substituents is 1. The predicted octanol–water partition coefficient (Wildman–Crippen LogP) is 2.93. The van der Waals surface area contributed by atoms with Gasteiger partial charge < -0.3 is 10.2 Å². The highest BCUT2D eigenvalue weighted by molar-refractivity contribution is 7.99. The van der Waals surface area contributed by atoms with E-state index >= 15 is 0 Å². The van der Waals surface area contributed by atoms with E-state index in [-0.39, 0.29) is 5.69 Å². The van der Waals surface area contributed by atoms with Gasteiger partial charge in [0, 0.05) is 17.0 Å². The Balaban J connectivity index is 2.27. The van der Waals surface area contributed by atoms with Gasteiger partial charge in [0.25, 0.3) is 10.9 Å². The first-order valence-electron chi connectivity index (χ1n) is 5.13. The number of oxazole rings is 1. The Hall–Kier alpha value is -2.02. The van der Waals surface area contributed by atoms with Crippen molar-refractivity contribution in [3.8, 4) is 0 Å². The van der Waals surface area contributed by atoms with E-state index in [0.717, 1.165) is 11.5 Å². The van der Waals surface area contributed by atoms with E-state index in [4.69, 9.17) is 10.2 Å². The minimum absolute atomic E-state index is 0.0309. The van der Waals surface area contributed by atoms with Crippen molar-refractivity contribution < 1.29 is 9.34 Å². The summed E-state index contributed by atoms with van der Waals surface area (Å²) in [4.78, 5) is 15.0. The molecule has 7 heteroatoms. The van der Waals surface area contributed by atoms with E-state index in [9.17, 15) is 10.1 Å². The van der Waals surface area contributed by atoms with E-state index < -0.39 is 4.92 Å². The van der Waals surface area contributed by atoms with Crippen molar-refractivity contribution in [1.82, 2.24) is 4.98 Å². The molecule has 0 amide bonds. The van der Waals surface area contributed by atoms with Gasteiger partial charge in [0.15, 0.2) is 0 Å². The number of non-ortho nitro benzene ring substituents is 1. The van der Waals surface area contributed by atoms with Gasteiger partial charge in [0.1, 0.15) is 5.76 Å². The van der Waals surface area contributed by atoms with Gasteiger partial charge in [-0.25, -0.2) is 4.98 Å². The molecule has 0 spiro atoms. The van der Waals surface area contributed by atoms with Crippen molar-refractivity contribution in [3.05, 3.63) is 39.8 Å². The fourth-order valence-corrected chi connectivity index (χ4v) is 2.17. The van der Waals surface area contributed by atoms with E-state index in [1.54, 1.807) is 6.07 Å². The van der Waals surface area contributed by atoms with Gasteiger partial charge in [0.05, 0.1) is 16.3 Å². The molecule has 18 heavy (non-hydrogen) atoms. The standard InChI is InChI=1S/C11H11N3O3S/c1-6-7(2)17-11(13-6)18-10-4-3-8(14(15)16)5-9(10)12/h3-5H,12H2,1-2H3. The first-order valence-corrected chi connectivity index (χ1v) is 5.95. The normalized spacial score (nSPS) is 10.6. The summed E-state index contributed by atoms with van der Waals surface area (Å²) >= 11 is 1.24. The number of benzene rings is 1. The molecule has 1 aromatic carbocycles. The van der Waals surface area contributed by atoms with Gasteiger partial charge in [-0.05, 0) is 31.7 Å². The highest BCUT2D eigenvalue weighted by atomic mass is 32.2. The lowest BCUT2D eigenvalue weighted by atomic mass is 10.3. The van der Waals surface area contributed by atoms with Crippen LogP contribution in [0.5, 0.6) is 0 Å². The van der Waals surface area contributed by atoms with Crippen LogP contribution in [-0.2, 0) is 0 Å². The van der Waals surface area contributed by atoms with E-state index in [1.165, 1.54) is 23.9 Å². The van der Waals surface area contributed by atoms with E-state index in [2.05, 4.69) is 4.98 Å². The minimum Gasteiger partial charge on any atom is -0.436 e. The Morgan fingerprint density at radius 3 is 2.67 bits per heavy atom. The summed E-state index contributed by atoms with van der Waals surface area (Å²) in [7, 11) is 0. The van der Waals surface area contributed by atoms with Crippen LogP contribution in [0.15, 0.2) is 32.7 Å². The number of nitrogen functional groups attached to an aromatic ring is 1. The van der Waals surface area contributed by atoms with Gasteiger partial charge in [-0.15, -0.1) is 0 Å². The number of nitro groups is 1. The van der Waals surface area contributed by atoms with Crippen LogP contribution >= 0.6 is 11.8 Å². The third-order valence-electron chi connectivity index (χ3n) is 2.41. The second-order valence-electron chi connectivity index (χ2n) is 3.70. The Kier molecular flexibility index (Phi) is 3.24. The summed E-state index contributed by atoms with van der Waals surface area (Å²) in [5, 5.41) is 11.1. The van der Waals surface area contributed by atoms with Crippen LogP contribution in [0.2, 0.25) is 0 Å². The zero-order chi connectivity index (χ0) is 13.3. The average molecular weight is 265 g/mol. The number of aryl methyl sites for hydroxylation is 2. The second kappa shape index (κ2) is 4.69. The lowest BCUT2D eigenvalue weighted by molar-refractivity contribution is -0.384. The first kappa shape index (κ1) is 12.4. The van der Waals surface area contributed by atoms with Crippen LogP contribution in [0, 0.1) is 24.0 Å². The zero-order valence-corrected chi connectivity index (χ0v) is 10.7. The summed E-state index contributed by atoms with van der Waals surface area (Å²) in [5.41, 5.74) is 6.88. The van der Waals surface area contributed by atoms with Gasteiger partial charge in [-0.3, -0.25) is 10.1 Å². The molecular formula is C11H11N3O3S. The number of rotatable bonds is 3. The van der Waals surface area contributed by atoms with Crippen molar-refractivity contribution in [1.29, 1.82) is 0 Å². The quantitative estimate of drug-likeness (QED) is 0.520. The predicted molar refractivity (Wildman–Crippen MR) is 67.6 cm³/mol. The molecule has 94 valence electrons. The lowest BCUT2D eigenvalue weighted by Crippen LogP contribution is -1.93. The molecule has 6 nitrogen and oxygen atoms in total. The number of nitrogens with zero attached hydrogens (tertiary/aromatic N) is 2. The molecule has 0 saturated heterocycles. The molecule has 0 radical (unpaired) electrons. The number of hydrogen-bond acceptors (Lipinski definition) is 6. The second-order valence-corrected chi connectivity index (χ2v) is 4.70. The SMILES string of the molecule is Cc1nc(Sc2ccc([N+](=O)[O-])cc2N)oc1C. The van der Waals surface area contributed by atoms with Crippen molar-refractivity contribution >= 4 is 23.1 Å². The fourth-order valence-electron chi connectivity index (χ4n) is 1.32. The Bertz CT molecular complexity index is 590. The summed E-state index contributed by atoms with van der Waals surface area (Å²) in [6.07, 6.45) is 0. The maximum Gasteiger partial charge on any atom is 0.271 e. The number of nitrogens with two attached hydrogens (primary N) is 1. The zero-order valence-electron chi connectivity index (χ0n) is 9.84. The number of aromatic nitrogens is 1. The van der Waals surface area contributed by atoms with Crippen LogP contribution in [-0.4, -0.2) is 9.91 Å². The molecule has 0 unspecified atom stereocenters. The molecule has 1 heterocycles. The molecule has 2 rings (SSSR count). The molecule has 2 aromatic rings. The molecular weight excluding hydrogens is 254 g/mol. The first-order chi connectivity index (χ1) is 8.47. The van der Waals surface area contributed by atoms with Crippen LogP contribution in [0.25, 0.3) is 0 Å². The fraction of sp³-hybridized carbons (Fsp3) is 0.182.